The van der Waals surface area contributed by atoms with Crippen LogP contribution in [-0.4, -0.2) is 70.0 Å². The summed E-state index contributed by atoms with van der Waals surface area (Å²) in [6.45, 7) is 4.02. The summed E-state index contributed by atoms with van der Waals surface area (Å²) in [6.07, 6.45) is 106. The van der Waals surface area contributed by atoms with Gasteiger partial charge < -0.3 is 27.9 Å². The van der Waals surface area contributed by atoms with Gasteiger partial charge in [-0.2, -0.15) is 0 Å². The summed E-state index contributed by atoms with van der Waals surface area (Å²) >= 11 is 0. The van der Waals surface area contributed by atoms with E-state index in [2.05, 4.69) is 172 Å². The molecule has 0 fully saturated rings. The molecule has 0 amide bonds. The number of phosphoric ester groups is 1. The van der Waals surface area contributed by atoms with E-state index in [1.54, 1.807) is 0 Å². The maximum atomic E-state index is 12.9. The molecule has 0 radical (unpaired) electrons. The predicted molar refractivity (Wildman–Crippen MR) is 397 cm³/mol. The molecule has 0 aromatic heterocycles. The highest BCUT2D eigenvalue weighted by Crippen LogP contribution is 2.38. The minimum Gasteiger partial charge on any atom is -0.756 e. The molecule has 0 rings (SSSR count). The number of esters is 2. The number of nitrogens with zero attached hydrogens (tertiary/aromatic N) is 1. The molecule has 2 atom stereocenters. The van der Waals surface area contributed by atoms with E-state index in [0.717, 1.165) is 122 Å². The van der Waals surface area contributed by atoms with Gasteiger partial charge in [0.2, 0.25) is 0 Å². The number of quaternary nitrogens is 1. The fourth-order valence-corrected chi connectivity index (χ4v) is 10.7. The first-order valence-corrected chi connectivity index (χ1v) is 38.7. The maximum absolute atomic E-state index is 12.9. The third-order valence-electron chi connectivity index (χ3n) is 15.5. The highest BCUT2D eigenvalue weighted by molar-refractivity contribution is 7.45. The average molecular weight is 1300 g/mol. The van der Waals surface area contributed by atoms with Gasteiger partial charge >= 0.3 is 11.9 Å². The van der Waals surface area contributed by atoms with Crippen LogP contribution in [0.3, 0.4) is 0 Å². The van der Waals surface area contributed by atoms with Gasteiger partial charge in [-0.3, -0.25) is 14.2 Å². The number of rotatable bonds is 67. The van der Waals surface area contributed by atoms with Gasteiger partial charge in [0.1, 0.15) is 19.8 Å². The van der Waals surface area contributed by atoms with E-state index in [1.807, 2.05) is 21.1 Å². The van der Waals surface area contributed by atoms with Crippen molar-refractivity contribution in [2.75, 3.05) is 47.5 Å². The van der Waals surface area contributed by atoms with Crippen molar-refractivity contribution < 1.29 is 42.1 Å². The molecule has 92 heavy (non-hydrogen) atoms. The van der Waals surface area contributed by atoms with Crippen LogP contribution in [0.5, 0.6) is 0 Å². The lowest BCUT2D eigenvalue weighted by molar-refractivity contribution is -0.870. The lowest BCUT2D eigenvalue weighted by atomic mass is 10.0. The monoisotopic (exact) mass is 1300 g/mol. The molecule has 524 valence electrons. The number of carbonyl (C=O) groups excluding carboxylic acids is 2. The first kappa shape index (κ1) is 87.6. The van der Waals surface area contributed by atoms with Crippen molar-refractivity contribution in [3.63, 3.8) is 0 Å². The Hall–Kier alpha value is -4.37. The van der Waals surface area contributed by atoms with Crippen molar-refractivity contribution >= 4 is 19.8 Å². The van der Waals surface area contributed by atoms with Crippen LogP contribution in [0.2, 0.25) is 0 Å². The normalized spacial score (nSPS) is 14.0. The molecule has 0 heterocycles. The predicted octanol–water partition coefficient (Wildman–Crippen LogP) is 24.1. The third kappa shape index (κ3) is 74.7. The van der Waals surface area contributed by atoms with Gasteiger partial charge in [-0.25, -0.2) is 0 Å². The summed E-state index contributed by atoms with van der Waals surface area (Å²) in [4.78, 5) is 38.1. The molecule has 0 aliphatic rings. The third-order valence-corrected chi connectivity index (χ3v) is 16.5. The van der Waals surface area contributed by atoms with E-state index >= 15 is 0 Å². The standard InChI is InChI=1S/C82H138NO8P/c1-6-8-10-12-14-16-18-20-22-24-26-28-30-32-34-36-38-40-41-43-45-47-49-51-53-55-57-59-61-63-65-67-69-71-73-75-82(85)91-80(79-90-92(86,87)89-77-76-83(3,4)5)78-88-81(84)74-72-70-68-66-64-62-60-58-56-54-52-50-48-46-44-42-39-37-35-33-31-29-27-25-23-21-19-17-15-13-11-9-7-2/h8-11,14-17,20-23,26-29,32-35,38-40,42-43,45,80H,6-7,12-13,18-19,24-25,30-31,36-37,41,44,46-79H2,1-5H3/b10-8-,11-9-,16-14-,17-15-,22-20-,23-21-,28-26-,29-27-,34-32-,35-33-,40-38-,42-39-,45-43-. The fourth-order valence-electron chi connectivity index (χ4n) is 9.94. The number of allylic oxidation sites excluding steroid dienone is 26. The molecule has 0 saturated carbocycles. The Bertz CT molecular complexity index is 2110. The van der Waals surface area contributed by atoms with Crippen LogP contribution in [-0.2, 0) is 32.7 Å². The number of hydrogen-bond donors (Lipinski definition) is 0. The second kappa shape index (κ2) is 70.9. The van der Waals surface area contributed by atoms with Crippen molar-refractivity contribution in [3.05, 3.63) is 158 Å². The van der Waals surface area contributed by atoms with Crippen LogP contribution < -0.4 is 4.89 Å². The van der Waals surface area contributed by atoms with Crippen molar-refractivity contribution in [2.24, 2.45) is 0 Å². The number of hydrogen-bond acceptors (Lipinski definition) is 8. The number of phosphoric acid groups is 1. The number of likely N-dealkylation sites (N-methyl/N-ethyl adjacent to an activating group) is 1. The smallest absolute Gasteiger partial charge is 0.306 e. The van der Waals surface area contributed by atoms with Gasteiger partial charge in [0.25, 0.3) is 7.82 Å². The zero-order valence-corrected chi connectivity index (χ0v) is 60.6. The largest absolute Gasteiger partial charge is 0.756 e. The van der Waals surface area contributed by atoms with Crippen LogP contribution in [0, 0.1) is 0 Å². The molecular formula is C82H138NO8P. The van der Waals surface area contributed by atoms with Crippen molar-refractivity contribution in [3.8, 4) is 0 Å². The van der Waals surface area contributed by atoms with Crippen LogP contribution in [0.25, 0.3) is 0 Å². The maximum Gasteiger partial charge on any atom is 0.306 e. The van der Waals surface area contributed by atoms with Crippen LogP contribution in [0.4, 0.5) is 0 Å². The zero-order chi connectivity index (χ0) is 66.9. The van der Waals surface area contributed by atoms with Gasteiger partial charge in [-0.05, 0) is 122 Å². The molecule has 0 bridgehead atoms. The minimum absolute atomic E-state index is 0.0371. The zero-order valence-electron chi connectivity index (χ0n) is 59.7. The fraction of sp³-hybridized carbons (Fsp3) is 0.659. The second-order valence-electron chi connectivity index (χ2n) is 25.5. The Morgan fingerprint density at radius 3 is 0.870 bits per heavy atom. The van der Waals surface area contributed by atoms with Crippen molar-refractivity contribution in [1.82, 2.24) is 0 Å². The Morgan fingerprint density at radius 2 is 0.587 bits per heavy atom. The topological polar surface area (TPSA) is 111 Å². The van der Waals surface area contributed by atoms with E-state index in [-0.39, 0.29) is 32.0 Å². The van der Waals surface area contributed by atoms with Crippen LogP contribution >= 0.6 is 7.82 Å². The summed E-state index contributed by atoms with van der Waals surface area (Å²) < 4.78 is 34.4. The minimum atomic E-state index is -4.65. The Morgan fingerprint density at radius 1 is 0.337 bits per heavy atom. The first-order valence-electron chi connectivity index (χ1n) is 37.2. The molecule has 9 nitrogen and oxygen atoms in total. The van der Waals surface area contributed by atoms with Crippen LogP contribution in [0.1, 0.15) is 296 Å². The lowest BCUT2D eigenvalue weighted by Gasteiger charge is -2.28. The van der Waals surface area contributed by atoms with Gasteiger partial charge in [-0.1, -0.05) is 320 Å². The number of carbonyl (C=O) groups is 2. The highest BCUT2D eigenvalue weighted by atomic mass is 31.2. The molecule has 10 heteroatoms. The molecule has 0 aliphatic heterocycles. The van der Waals surface area contributed by atoms with Crippen LogP contribution in [0.15, 0.2) is 158 Å². The Kier molecular flexibility index (Phi) is 67.6. The Balaban J connectivity index is 4.06. The van der Waals surface area contributed by atoms with E-state index in [1.165, 1.54) is 141 Å². The van der Waals surface area contributed by atoms with Gasteiger partial charge in [0, 0.05) is 12.8 Å². The van der Waals surface area contributed by atoms with Gasteiger partial charge in [-0.15, -0.1) is 0 Å². The molecule has 0 aromatic rings. The van der Waals surface area contributed by atoms with E-state index < -0.39 is 26.5 Å². The van der Waals surface area contributed by atoms with Gasteiger partial charge in [0.05, 0.1) is 27.7 Å². The summed E-state index contributed by atoms with van der Waals surface area (Å²) in [5.74, 6) is -0.836. The van der Waals surface area contributed by atoms with E-state index in [9.17, 15) is 19.0 Å². The average Bonchev–Trinajstić information content (AvgIpc) is 2.14. The van der Waals surface area contributed by atoms with E-state index in [0.29, 0.717) is 17.4 Å². The number of unbranched alkanes of at least 4 members (excludes halogenated alkanes) is 27. The number of ether oxygens (including phenoxy) is 2. The lowest BCUT2D eigenvalue weighted by Crippen LogP contribution is -2.37. The molecule has 2 unspecified atom stereocenters. The molecule has 0 aliphatic carbocycles. The highest BCUT2D eigenvalue weighted by Gasteiger charge is 2.22. The molecule has 0 spiro atoms. The van der Waals surface area contributed by atoms with Crippen molar-refractivity contribution in [2.45, 2.75) is 302 Å². The first-order chi connectivity index (χ1) is 45.0. The quantitative estimate of drug-likeness (QED) is 0.0195. The van der Waals surface area contributed by atoms with Gasteiger partial charge in [0.15, 0.2) is 6.10 Å². The summed E-state index contributed by atoms with van der Waals surface area (Å²) in [5.41, 5.74) is 0. The molecule has 0 aromatic carbocycles. The van der Waals surface area contributed by atoms with E-state index in [4.69, 9.17) is 18.5 Å². The summed E-state index contributed by atoms with van der Waals surface area (Å²) in [5, 5.41) is 0. The molecule has 0 N–H and O–H groups in total. The summed E-state index contributed by atoms with van der Waals surface area (Å²) in [7, 11) is 1.16. The summed E-state index contributed by atoms with van der Waals surface area (Å²) in [6, 6.07) is 0. The molecule has 0 saturated heterocycles. The molecular weight excluding hydrogens is 1160 g/mol. The van der Waals surface area contributed by atoms with Crippen molar-refractivity contribution in [1.29, 1.82) is 0 Å². The second-order valence-corrected chi connectivity index (χ2v) is 27.0. The SMILES string of the molecule is CC/C=C\C/C=C\C/C=C\C/C=C\C/C=C\C/C=C\C/C=C\CCCCCCCCCCCCCCCC(=O)OC(COC(=O)CCCCCCCCCCCCCCCC/C=C\C/C=C\C/C=C\C/C=C\C/C=C\C/C=C\CC)COP(=O)([O-])OCC[N+](C)(C)C. The Labute approximate surface area is 566 Å².